The van der Waals surface area contributed by atoms with Gasteiger partial charge in [0.2, 0.25) is 0 Å². The largest absolute Gasteiger partial charge is 0.472 e. The van der Waals surface area contributed by atoms with Gasteiger partial charge in [-0.05, 0) is 89.9 Å². The Labute approximate surface area is 423 Å². The molecule has 0 heterocycles. The van der Waals surface area contributed by atoms with Crippen LogP contribution in [0.3, 0.4) is 0 Å². The van der Waals surface area contributed by atoms with Gasteiger partial charge < -0.3 is 20.1 Å². The highest BCUT2D eigenvalue weighted by Gasteiger charge is 2.26. The van der Waals surface area contributed by atoms with Crippen LogP contribution in [0.1, 0.15) is 232 Å². The zero-order valence-corrected chi connectivity index (χ0v) is 44.9. The smallest absolute Gasteiger partial charge is 0.462 e. The van der Waals surface area contributed by atoms with Gasteiger partial charge in [-0.25, -0.2) is 4.57 Å². The van der Waals surface area contributed by atoms with Crippen molar-refractivity contribution in [2.75, 3.05) is 26.4 Å². The van der Waals surface area contributed by atoms with Crippen molar-refractivity contribution in [3.8, 4) is 0 Å². The van der Waals surface area contributed by atoms with Crippen molar-refractivity contribution in [3.63, 3.8) is 0 Å². The number of carbonyl (C=O) groups is 2. The Hall–Kier alpha value is -3.07. The van der Waals surface area contributed by atoms with Crippen LogP contribution in [-0.4, -0.2) is 49.3 Å². The normalized spacial score (nSPS) is 13.9. The molecule has 0 aliphatic carbocycles. The first kappa shape index (κ1) is 65.9. The van der Waals surface area contributed by atoms with Gasteiger partial charge in [0, 0.05) is 19.4 Å². The molecule has 0 saturated carbocycles. The van der Waals surface area contributed by atoms with E-state index in [1.807, 2.05) is 0 Å². The fourth-order valence-corrected chi connectivity index (χ4v) is 8.21. The molecule has 0 fully saturated rings. The molecular formula is C59H102NO8P. The number of allylic oxidation sites excluding steroid dienone is 16. The third kappa shape index (κ3) is 54.1. The SMILES string of the molecule is CC/C=C\C/C=C\C/C=C\C/C=C\C/C=C\CCCCCCCCCCCCCCCCCC(=O)OC(COC(=O)CCCCCCCCC/C=C\C/C=C\C/C=C\CC)COP(=O)(O)OCCN. The highest BCUT2D eigenvalue weighted by Crippen LogP contribution is 2.43. The molecule has 10 heteroatoms. The number of hydrogen-bond acceptors (Lipinski definition) is 8. The van der Waals surface area contributed by atoms with Gasteiger partial charge in [-0.2, -0.15) is 0 Å². The molecule has 0 aromatic rings. The molecular weight excluding hydrogens is 882 g/mol. The summed E-state index contributed by atoms with van der Waals surface area (Å²) in [5, 5.41) is 0. The Bertz CT molecular complexity index is 1450. The standard InChI is InChI=1S/C59H102NO8P/c1-3-5-7-9-11-13-15-17-19-21-22-23-24-25-26-27-28-29-30-31-32-33-34-36-38-40-42-44-46-48-50-52-59(62)68-57(56-67-69(63,64)66-54-53-60)55-65-58(61)51-49-47-45-43-41-39-37-35-20-18-16-14-12-10-8-6-4-2/h5-8,11-14,17-20,22-23,25-26,57H,3-4,9-10,15-16,21,24,27-56,60H2,1-2H3,(H,63,64)/b7-5-,8-6-,13-11-,14-12-,19-17-,20-18-,23-22-,26-25-. The summed E-state index contributed by atoms with van der Waals surface area (Å²) in [6, 6.07) is 0. The molecule has 0 aliphatic rings. The Morgan fingerprint density at radius 2 is 0.754 bits per heavy atom. The van der Waals surface area contributed by atoms with Gasteiger partial charge >= 0.3 is 19.8 Å². The quantitative estimate of drug-likeness (QED) is 0.0264. The Balaban J connectivity index is 3.96. The second-order valence-corrected chi connectivity index (χ2v) is 19.5. The lowest BCUT2D eigenvalue weighted by atomic mass is 10.0. The van der Waals surface area contributed by atoms with E-state index in [2.05, 4.69) is 111 Å². The number of esters is 2. The van der Waals surface area contributed by atoms with Crippen molar-refractivity contribution in [2.45, 2.75) is 238 Å². The highest BCUT2D eigenvalue weighted by molar-refractivity contribution is 7.47. The molecule has 0 bridgehead atoms. The van der Waals surface area contributed by atoms with Crippen LogP contribution in [0.2, 0.25) is 0 Å². The average Bonchev–Trinajstić information content (AvgIpc) is 3.34. The molecule has 396 valence electrons. The monoisotopic (exact) mass is 984 g/mol. The summed E-state index contributed by atoms with van der Waals surface area (Å²) in [5.41, 5.74) is 5.37. The summed E-state index contributed by atoms with van der Waals surface area (Å²) in [7, 11) is -4.39. The predicted octanol–water partition coefficient (Wildman–Crippen LogP) is 17.3. The lowest BCUT2D eigenvalue weighted by Crippen LogP contribution is -2.29. The van der Waals surface area contributed by atoms with Gasteiger partial charge in [0.25, 0.3) is 0 Å². The maximum Gasteiger partial charge on any atom is 0.472 e. The van der Waals surface area contributed by atoms with E-state index < -0.39 is 32.5 Å². The van der Waals surface area contributed by atoms with Crippen LogP contribution in [0.25, 0.3) is 0 Å². The molecule has 0 radical (unpaired) electrons. The van der Waals surface area contributed by atoms with Gasteiger partial charge in [-0.1, -0.05) is 227 Å². The molecule has 0 saturated heterocycles. The molecule has 0 aromatic heterocycles. The summed E-state index contributed by atoms with van der Waals surface area (Å²) in [4.78, 5) is 35.1. The van der Waals surface area contributed by atoms with E-state index in [1.165, 1.54) is 96.3 Å². The van der Waals surface area contributed by atoms with E-state index in [9.17, 15) is 19.0 Å². The number of nitrogens with two attached hydrogens (primary N) is 1. The van der Waals surface area contributed by atoms with Gasteiger partial charge in [0.15, 0.2) is 6.10 Å². The lowest BCUT2D eigenvalue weighted by molar-refractivity contribution is -0.161. The van der Waals surface area contributed by atoms with E-state index in [1.54, 1.807) is 0 Å². The molecule has 9 nitrogen and oxygen atoms in total. The lowest BCUT2D eigenvalue weighted by Gasteiger charge is -2.19. The number of ether oxygens (including phenoxy) is 2. The topological polar surface area (TPSA) is 134 Å². The molecule has 0 rings (SSSR count). The van der Waals surface area contributed by atoms with Crippen LogP contribution in [-0.2, 0) is 32.7 Å². The molecule has 0 aromatic carbocycles. The van der Waals surface area contributed by atoms with E-state index in [0.717, 1.165) is 103 Å². The van der Waals surface area contributed by atoms with E-state index in [0.29, 0.717) is 6.42 Å². The first-order valence-corrected chi connectivity index (χ1v) is 29.2. The summed E-state index contributed by atoms with van der Waals surface area (Å²) in [6.07, 6.45) is 71.7. The average molecular weight is 984 g/mol. The fraction of sp³-hybridized carbons (Fsp3) is 0.695. The minimum absolute atomic E-state index is 0.0483. The van der Waals surface area contributed by atoms with Crippen LogP contribution >= 0.6 is 7.82 Å². The summed E-state index contributed by atoms with van der Waals surface area (Å²) in [5.74, 6) is -0.840. The molecule has 69 heavy (non-hydrogen) atoms. The molecule has 0 amide bonds. The van der Waals surface area contributed by atoms with Crippen molar-refractivity contribution in [3.05, 3.63) is 97.2 Å². The Kier molecular flexibility index (Phi) is 51.9. The van der Waals surface area contributed by atoms with E-state index >= 15 is 0 Å². The number of phosphoric ester groups is 1. The van der Waals surface area contributed by atoms with E-state index in [-0.39, 0.29) is 32.6 Å². The Morgan fingerprint density at radius 1 is 0.435 bits per heavy atom. The second kappa shape index (κ2) is 54.3. The van der Waals surface area contributed by atoms with Crippen molar-refractivity contribution in [1.29, 1.82) is 0 Å². The number of unbranched alkanes of at least 4 members (excludes halogenated alkanes) is 22. The first-order chi connectivity index (χ1) is 33.8. The van der Waals surface area contributed by atoms with E-state index in [4.69, 9.17) is 24.3 Å². The summed E-state index contributed by atoms with van der Waals surface area (Å²) < 4.78 is 33.0. The third-order valence-electron chi connectivity index (χ3n) is 11.5. The summed E-state index contributed by atoms with van der Waals surface area (Å²) in [6.45, 7) is 3.51. The highest BCUT2D eigenvalue weighted by atomic mass is 31.2. The zero-order valence-electron chi connectivity index (χ0n) is 44.0. The van der Waals surface area contributed by atoms with Gasteiger partial charge in [-0.15, -0.1) is 0 Å². The predicted molar refractivity (Wildman–Crippen MR) is 293 cm³/mol. The molecule has 2 atom stereocenters. The minimum atomic E-state index is -4.39. The van der Waals surface area contributed by atoms with Crippen LogP contribution in [0.15, 0.2) is 97.2 Å². The van der Waals surface area contributed by atoms with Crippen LogP contribution in [0, 0.1) is 0 Å². The first-order valence-electron chi connectivity index (χ1n) is 27.7. The third-order valence-corrected chi connectivity index (χ3v) is 12.4. The Morgan fingerprint density at radius 3 is 1.12 bits per heavy atom. The number of rotatable bonds is 51. The van der Waals surface area contributed by atoms with Crippen LogP contribution in [0.4, 0.5) is 0 Å². The van der Waals surface area contributed by atoms with Crippen molar-refractivity contribution >= 4 is 19.8 Å². The summed E-state index contributed by atoms with van der Waals surface area (Å²) >= 11 is 0. The van der Waals surface area contributed by atoms with Crippen molar-refractivity contribution in [1.82, 2.24) is 0 Å². The molecule has 2 unspecified atom stereocenters. The number of carbonyl (C=O) groups excluding carboxylic acids is 2. The van der Waals surface area contributed by atoms with Gasteiger partial charge in [0.1, 0.15) is 6.61 Å². The van der Waals surface area contributed by atoms with Crippen molar-refractivity contribution < 1.29 is 37.6 Å². The minimum Gasteiger partial charge on any atom is -0.462 e. The molecule has 0 spiro atoms. The molecule has 3 N–H and O–H groups in total. The zero-order chi connectivity index (χ0) is 50.2. The van der Waals surface area contributed by atoms with Gasteiger partial charge in [0.05, 0.1) is 13.2 Å². The van der Waals surface area contributed by atoms with Crippen LogP contribution < -0.4 is 5.73 Å². The number of phosphoric acid groups is 1. The fourth-order valence-electron chi connectivity index (χ4n) is 7.44. The van der Waals surface area contributed by atoms with Crippen molar-refractivity contribution in [2.24, 2.45) is 5.73 Å². The maximum absolute atomic E-state index is 12.7. The number of hydrogen-bond donors (Lipinski definition) is 2. The molecule has 0 aliphatic heterocycles. The van der Waals surface area contributed by atoms with Crippen LogP contribution in [0.5, 0.6) is 0 Å². The maximum atomic E-state index is 12.7. The second-order valence-electron chi connectivity index (χ2n) is 18.0. The van der Waals surface area contributed by atoms with Gasteiger partial charge in [-0.3, -0.25) is 18.6 Å².